The first-order valence-electron chi connectivity index (χ1n) is 5.26. The molecule has 0 N–H and O–H groups in total. The molecule has 0 aliphatic rings. The van der Waals surface area contributed by atoms with E-state index in [1.54, 1.807) is 31.4 Å². The van der Waals surface area contributed by atoms with Crippen LogP contribution in [0.5, 0.6) is 17.4 Å². The predicted octanol–water partition coefficient (Wildman–Crippen LogP) is 3.76. The number of nitrogens with zero attached hydrogens (tertiary/aromatic N) is 1. The molecule has 2 rings (SSSR count). The molecule has 0 spiro atoms. The van der Waals surface area contributed by atoms with Crippen molar-refractivity contribution in [1.29, 1.82) is 0 Å². The third-order valence-corrected chi connectivity index (χ3v) is 2.62. The van der Waals surface area contributed by atoms with Gasteiger partial charge in [0.05, 0.1) is 13.0 Å². The van der Waals surface area contributed by atoms with Crippen molar-refractivity contribution in [3.8, 4) is 17.4 Å². The van der Waals surface area contributed by atoms with Gasteiger partial charge in [0.25, 0.3) is 5.88 Å². The number of hydrogen-bond acceptors (Lipinski definition) is 3. The summed E-state index contributed by atoms with van der Waals surface area (Å²) in [5, 5.41) is 0. The lowest BCUT2D eigenvalue weighted by atomic mass is 10.3. The smallest absolute Gasteiger partial charge is 0.256 e. The molecule has 2 aromatic rings. The van der Waals surface area contributed by atoms with Crippen LogP contribution in [0.25, 0.3) is 0 Å². The van der Waals surface area contributed by atoms with E-state index in [9.17, 15) is 4.39 Å². The zero-order chi connectivity index (χ0) is 13.0. The van der Waals surface area contributed by atoms with Crippen molar-refractivity contribution in [2.45, 2.75) is 5.88 Å². The highest BCUT2D eigenvalue weighted by atomic mass is 35.5. The van der Waals surface area contributed by atoms with Crippen molar-refractivity contribution in [2.24, 2.45) is 0 Å². The molecule has 0 saturated carbocycles. The van der Waals surface area contributed by atoms with E-state index >= 15 is 0 Å². The molecule has 3 nitrogen and oxygen atoms in total. The fraction of sp³-hybridized carbons (Fsp3) is 0.154. The second-order valence-electron chi connectivity index (χ2n) is 3.50. The summed E-state index contributed by atoms with van der Waals surface area (Å²) in [5.74, 6) is 0.508. The number of hydrogen-bond donors (Lipinski definition) is 0. The summed E-state index contributed by atoms with van der Waals surface area (Å²) in [5.41, 5.74) is 0.351. The van der Waals surface area contributed by atoms with Crippen molar-refractivity contribution in [3.63, 3.8) is 0 Å². The van der Waals surface area contributed by atoms with Crippen molar-refractivity contribution in [1.82, 2.24) is 4.98 Å². The SMILES string of the molecule is COc1cccc(Oc2nccc(CCl)c2F)c1. The molecule has 0 amide bonds. The van der Waals surface area contributed by atoms with Gasteiger partial charge in [0.2, 0.25) is 0 Å². The van der Waals surface area contributed by atoms with Crippen LogP contribution in [0.1, 0.15) is 5.56 Å². The van der Waals surface area contributed by atoms with Crippen LogP contribution in [-0.2, 0) is 5.88 Å². The Morgan fingerprint density at radius 3 is 2.78 bits per heavy atom. The number of methoxy groups -OCH3 is 1. The molecule has 5 heteroatoms. The van der Waals surface area contributed by atoms with Gasteiger partial charge >= 0.3 is 0 Å². The second kappa shape index (κ2) is 5.69. The van der Waals surface area contributed by atoms with Crippen LogP contribution in [0, 0.1) is 5.82 Å². The van der Waals surface area contributed by atoms with Crippen LogP contribution < -0.4 is 9.47 Å². The fourth-order valence-corrected chi connectivity index (χ4v) is 1.62. The van der Waals surface area contributed by atoms with E-state index in [1.807, 2.05) is 0 Å². The third kappa shape index (κ3) is 2.71. The second-order valence-corrected chi connectivity index (χ2v) is 3.77. The molecule has 0 bridgehead atoms. The average Bonchev–Trinajstić information content (AvgIpc) is 2.41. The van der Waals surface area contributed by atoms with Crippen molar-refractivity contribution in [3.05, 3.63) is 47.9 Å². The summed E-state index contributed by atoms with van der Waals surface area (Å²) in [4.78, 5) is 3.84. The maximum atomic E-state index is 13.8. The quantitative estimate of drug-likeness (QED) is 0.791. The van der Waals surface area contributed by atoms with Gasteiger partial charge in [-0.3, -0.25) is 0 Å². The lowest BCUT2D eigenvalue weighted by Gasteiger charge is -2.08. The molecule has 1 aromatic heterocycles. The summed E-state index contributed by atoms with van der Waals surface area (Å²) in [6, 6.07) is 8.37. The first-order chi connectivity index (χ1) is 8.74. The zero-order valence-corrected chi connectivity index (χ0v) is 10.4. The van der Waals surface area contributed by atoms with Crippen LogP contribution in [0.3, 0.4) is 0 Å². The van der Waals surface area contributed by atoms with Crippen LogP contribution in [0.4, 0.5) is 4.39 Å². The summed E-state index contributed by atoms with van der Waals surface area (Å²) in [7, 11) is 1.55. The summed E-state index contributed by atoms with van der Waals surface area (Å²) >= 11 is 5.61. The number of halogens is 2. The molecule has 18 heavy (non-hydrogen) atoms. The number of alkyl halides is 1. The number of pyridine rings is 1. The van der Waals surface area contributed by atoms with E-state index in [0.717, 1.165) is 0 Å². The van der Waals surface area contributed by atoms with Gasteiger partial charge in [0, 0.05) is 17.8 Å². The molecular weight excluding hydrogens is 257 g/mol. The van der Waals surface area contributed by atoms with E-state index in [4.69, 9.17) is 21.1 Å². The van der Waals surface area contributed by atoms with Gasteiger partial charge in [0.15, 0.2) is 5.82 Å². The minimum Gasteiger partial charge on any atom is -0.497 e. The Balaban J connectivity index is 2.28. The number of ether oxygens (including phenoxy) is 2. The first kappa shape index (κ1) is 12.6. The highest BCUT2D eigenvalue weighted by molar-refractivity contribution is 6.17. The molecule has 94 valence electrons. The number of benzene rings is 1. The van der Waals surface area contributed by atoms with Crippen molar-refractivity contribution < 1.29 is 13.9 Å². The van der Waals surface area contributed by atoms with Gasteiger partial charge in [0.1, 0.15) is 11.5 Å². The predicted molar refractivity (Wildman–Crippen MR) is 66.8 cm³/mol. The van der Waals surface area contributed by atoms with Gasteiger partial charge in [-0.1, -0.05) is 6.07 Å². The topological polar surface area (TPSA) is 31.4 Å². The minimum absolute atomic E-state index is 0.0722. The number of aromatic nitrogens is 1. The highest BCUT2D eigenvalue weighted by Gasteiger charge is 2.11. The van der Waals surface area contributed by atoms with Crippen molar-refractivity contribution in [2.75, 3.05) is 7.11 Å². The molecule has 0 saturated heterocycles. The molecule has 0 atom stereocenters. The van der Waals surface area contributed by atoms with Crippen LogP contribution in [0.2, 0.25) is 0 Å². The van der Waals surface area contributed by atoms with Crippen LogP contribution in [-0.4, -0.2) is 12.1 Å². The third-order valence-electron chi connectivity index (χ3n) is 2.34. The largest absolute Gasteiger partial charge is 0.497 e. The Morgan fingerprint density at radius 2 is 2.06 bits per heavy atom. The fourth-order valence-electron chi connectivity index (χ4n) is 1.41. The molecule has 0 unspecified atom stereocenters. The van der Waals surface area contributed by atoms with E-state index < -0.39 is 5.82 Å². The molecular formula is C13H11ClFNO2. The van der Waals surface area contributed by atoms with Gasteiger partial charge in [-0.2, -0.15) is 0 Å². The molecule has 0 radical (unpaired) electrons. The van der Waals surface area contributed by atoms with Gasteiger partial charge < -0.3 is 9.47 Å². The monoisotopic (exact) mass is 267 g/mol. The van der Waals surface area contributed by atoms with E-state index in [0.29, 0.717) is 17.1 Å². The first-order valence-corrected chi connectivity index (χ1v) is 5.79. The van der Waals surface area contributed by atoms with E-state index in [-0.39, 0.29) is 11.8 Å². The summed E-state index contributed by atoms with van der Waals surface area (Å²) in [6.45, 7) is 0. The minimum atomic E-state index is -0.546. The van der Waals surface area contributed by atoms with Gasteiger partial charge in [-0.15, -0.1) is 11.6 Å². The van der Waals surface area contributed by atoms with E-state index in [1.165, 1.54) is 12.3 Å². The number of rotatable bonds is 4. The maximum Gasteiger partial charge on any atom is 0.256 e. The Morgan fingerprint density at radius 1 is 1.28 bits per heavy atom. The van der Waals surface area contributed by atoms with E-state index in [2.05, 4.69) is 4.98 Å². The zero-order valence-electron chi connectivity index (χ0n) is 9.69. The normalized spacial score (nSPS) is 10.2. The summed E-state index contributed by atoms with van der Waals surface area (Å²) in [6.07, 6.45) is 1.45. The molecule has 0 aliphatic carbocycles. The van der Waals surface area contributed by atoms with Crippen LogP contribution >= 0.6 is 11.6 Å². The lowest BCUT2D eigenvalue weighted by molar-refractivity contribution is 0.399. The molecule has 1 heterocycles. The Kier molecular flexibility index (Phi) is 3.99. The Hall–Kier alpha value is -1.81. The molecule has 0 aliphatic heterocycles. The van der Waals surface area contributed by atoms with Gasteiger partial charge in [-0.05, 0) is 18.2 Å². The average molecular weight is 268 g/mol. The highest BCUT2D eigenvalue weighted by Crippen LogP contribution is 2.27. The lowest BCUT2D eigenvalue weighted by Crippen LogP contribution is -1.96. The Labute approximate surface area is 109 Å². The Bertz CT molecular complexity index is 548. The van der Waals surface area contributed by atoms with Crippen LogP contribution in [0.15, 0.2) is 36.5 Å². The van der Waals surface area contributed by atoms with Crippen molar-refractivity contribution >= 4 is 11.6 Å². The molecule has 1 aromatic carbocycles. The summed E-state index contributed by atoms with van der Waals surface area (Å²) < 4.78 is 24.3. The molecule has 0 fully saturated rings. The van der Waals surface area contributed by atoms with Gasteiger partial charge in [-0.25, -0.2) is 9.37 Å². The maximum absolute atomic E-state index is 13.8. The standard InChI is InChI=1S/C13H11ClFNO2/c1-17-10-3-2-4-11(7-10)18-13-12(15)9(8-14)5-6-16-13/h2-7H,8H2,1H3.